The Morgan fingerprint density at radius 3 is 1.02 bits per heavy atom. The van der Waals surface area contributed by atoms with Crippen molar-refractivity contribution < 1.29 is 32.1 Å². The van der Waals surface area contributed by atoms with Crippen molar-refractivity contribution in [1.82, 2.24) is 100 Å². The van der Waals surface area contributed by atoms with Crippen molar-refractivity contribution >= 4 is 66.5 Å². The van der Waals surface area contributed by atoms with Gasteiger partial charge in [0.15, 0.2) is 0 Å². The summed E-state index contributed by atoms with van der Waals surface area (Å²) in [4.78, 5) is 72.6. The van der Waals surface area contributed by atoms with E-state index >= 15 is 0 Å². The molecule has 0 amide bonds. The van der Waals surface area contributed by atoms with Crippen LogP contribution in [0.25, 0.3) is 160 Å². The highest BCUT2D eigenvalue weighted by atomic mass is 32.1. The van der Waals surface area contributed by atoms with Crippen LogP contribution in [0.4, 0.5) is 0 Å². The van der Waals surface area contributed by atoms with E-state index in [1.54, 1.807) is 37.0 Å². The molecule has 5 aromatic carbocycles. The second-order valence-electron chi connectivity index (χ2n) is 37.3. The number of thiazole rings is 1. The van der Waals surface area contributed by atoms with E-state index < -0.39 is 0 Å². The van der Waals surface area contributed by atoms with Crippen LogP contribution in [0.15, 0.2) is 137 Å². The Hall–Kier alpha value is -14.7. The minimum atomic E-state index is -0.108. The lowest BCUT2D eigenvalue weighted by molar-refractivity contribution is 0.328. The van der Waals surface area contributed by atoms with Crippen LogP contribution in [0.1, 0.15) is 226 Å². The van der Waals surface area contributed by atoms with E-state index in [0.29, 0.717) is 53.5 Å². The van der Waals surface area contributed by atoms with Crippen molar-refractivity contribution in [1.29, 1.82) is 0 Å². The molecule has 20 aromatic rings. The molecule has 0 atom stereocenters. The lowest BCUT2D eigenvalue weighted by Crippen LogP contribution is -2.10. The average Bonchev–Trinajstić information content (AvgIpc) is 1.71. The van der Waals surface area contributed by atoms with Gasteiger partial charge in [-0.15, -0.1) is 11.3 Å². The molecule has 25 rings (SSSR count). The van der Waals surface area contributed by atoms with Gasteiger partial charge in [-0.1, -0.05) is 25.8 Å². The SMILES string of the molecule is CCOc1nccc(C)c1-c1cc(-c2c(C)noc2C)cc2[nH]c(C3CC3)nc12.COc1nccc(C)c1-c1cc(-c2c(C)noc2C)cc2[nH]c(C3CC3)nc12.Cc1cc[nH]c(=O)c1-c1cc(-c2c(C)noc2C)cc2[nH]c(C3CC3)nc12.Cc1ccn(-c2cc(-c3c(C)noc3C)cc3[nH]c(C4CC4)nc23)c1C.Cc1nc(C)c(-c2cc(-c3c(C)noc3C)cc3[nH]c(C4CC4)nc23)s1. The van der Waals surface area contributed by atoms with Gasteiger partial charge in [0.1, 0.15) is 63.4 Å². The fraction of sp³-hybridized carbons (Fsp3) is 0.327. The van der Waals surface area contributed by atoms with Crippen LogP contribution in [-0.2, 0) is 0 Å². The van der Waals surface area contributed by atoms with Gasteiger partial charge in [0.05, 0.1) is 119 Å². The molecule has 5 saturated carbocycles. The van der Waals surface area contributed by atoms with Crippen molar-refractivity contribution in [2.45, 2.75) is 218 Å². The highest BCUT2D eigenvalue weighted by Crippen LogP contribution is 2.50. The van der Waals surface area contributed by atoms with E-state index in [-0.39, 0.29) is 5.56 Å². The van der Waals surface area contributed by atoms with E-state index in [1.165, 1.54) is 67.5 Å². The molecule has 5 fully saturated rings. The van der Waals surface area contributed by atoms with Crippen LogP contribution >= 0.6 is 11.3 Å². The molecule has 5 aliphatic rings. The van der Waals surface area contributed by atoms with Crippen LogP contribution in [0.2, 0.25) is 0 Å². The van der Waals surface area contributed by atoms with Crippen LogP contribution in [0.3, 0.4) is 0 Å². The molecule has 0 spiro atoms. The molecule has 0 aliphatic heterocycles. The number of pyridine rings is 3. The highest BCUT2D eigenvalue weighted by molar-refractivity contribution is 7.15. The third-order valence-corrected chi connectivity index (χ3v) is 28.1. The summed E-state index contributed by atoms with van der Waals surface area (Å²) in [6.07, 6.45) is 19.4. The molecule has 5 aliphatic carbocycles. The molecule has 29 heteroatoms. The number of H-pyrrole nitrogens is 6. The van der Waals surface area contributed by atoms with Crippen molar-refractivity contribution in [3.8, 4) is 117 Å². The fourth-order valence-corrected chi connectivity index (χ4v) is 20.2. The summed E-state index contributed by atoms with van der Waals surface area (Å²) in [5.41, 5.74) is 39.1. The number of aromatic nitrogens is 20. The lowest BCUT2D eigenvalue weighted by atomic mass is 9.95. The summed E-state index contributed by atoms with van der Waals surface area (Å²) in [6, 6.07) is 29.6. The Balaban J connectivity index is 0.000000102. The monoisotopic (exact) mass is 1830 g/mol. The van der Waals surface area contributed by atoms with Crippen molar-refractivity contribution in [3.05, 3.63) is 245 Å². The van der Waals surface area contributed by atoms with Crippen LogP contribution < -0.4 is 15.0 Å². The average molecular weight is 1830 g/mol. The minimum Gasteiger partial charge on any atom is -0.481 e. The number of nitrogens with zero attached hydrogens (tertiary/aromatic N) is 14. The Kier molecular flexibility index (Phi) is 22.6. The van der Waals surface area contributed by atoms with Crippen LogP contribution in [0, 0.1) is 118 Å². The first kappa shape index (κ1) is 87.9. The number of aromatic amines is 6. The first-order valence-electron chi connectivity index (χ1n) is 46.9. The lowest BCUT2D eigenvalue weighted by Gasteiger charge is -2.14. The maximum absolute atomic E-state index is 12.6. The molecule has 0 radical (unpaired) electrons. The quantitative estimate of drug-likeness (QED) is 0.0465. The number of nitrogens with one attached hydrogen (secondary N) is 6. The van der Waals surface area contributed by atoms with Crippen molar-refractivity contribution in [2.75, 3.05) is 13.7 Å². The smallest absolute Gasteiger partial charge is 0.256 e. The van der Waals surface area contributed by atoms with E-state index in [4.69, 9.17) is 57.0 Å². The molecule has 0 unspecified atom stereocenters. The molecule has 15 heterocycles. The van der Waals surface area contributed by atoms with Gasteiger partial charge in [-0.2, -0.15) is 0 Å². The van der Waals surface area contributed by atoms with Gasteiger partial charge in [0.25, 0.3) is 5.56 Å². The number of rotatable bonds is 18. The van der Waals surface area contributed by atoms with Crippen molar-refractivity contribution in [3.63, 3.8) is 0 Å². The Morgan fingerprint density at radius 1 is 0.368 bits per heavy atom. The van der Waals surface area contributed by atoms with Gasteiger partial charge in [-0.3, -0.25) is 4.79 Å². The van der Waals surface area contributed by atoms with Crippen molar-refractivity contribution in [2.24, 2.45) is 0 Å². The predicted molar refractivity (Wildman–Crippen MR) is 529 cm³/mol. The van der Waals surface area contributed by atoms with E-state index in [0.717, 1.165) is 276 Å². The van der Waals surface area contributed by atoms with Gasteiger partial charge in [0.2, 0.25) is 11.8 Å². The van der Waals surface area contributed by atoms with Crippen LogP contribution in [0.5, 0.6) is 11.8 Å². The second-order valence-corrected chi connectivity index (χ2v) is 38.5. The zero-order valence-corrected chi connectivity index (χ0v) is 80.8. The van der Waals surface area contributed by atoms with E-state index in [2.05, 4.69) is 184 Å². The third kappa shape index (κ3) is 16.6. The van der Waals surface area contributed by atoms with Gasteiger partial charge in [-0.05, 0) is 324 Å². The Morgan fingerprint density at radius 2 is 0.699 bits per heavy atom. The summed E-state index contributed by atoms with van der Waals surface area (Å²) in [5.74, 6) is 13.4. The zero-order chi connectivity index (χ0) is 94.2. The molecular weight excluding hydrogens is 1730 g/mol. The summed E-state index contributed by atoms with van der Waals surface area (Å²) < 4.78 is 40.7. The normalized spacial score (nSPS) is 14.2. The summed E-state index contributed by atoms with van der Waals surface area (Å²) in [6.45, 7) is 36.6. The molecule has 0 saturated heterocycles. The molecule has 690 valence electrons. The maximum atomic E-state index is 12.6. The van der Waals surface area contributed by atoms with E-state index in [9.17, 15) is 4.79 Å². The van der Waals surface area contributed by atoms with Gasteiger partial charge >= 0.3 is 0 Å². The molecule has 6 N–H and O–H groups in total. The highest BCUT2D eigenvalue weighted by Gasteiger charge is 2.35. The summed E-state index contributed by atoms with van der Waals surface area (Å²) in [7, 11) is 1.65. The predicted octanol–water partition coefficient (Wildman–Crippen LogP) is 25.5. The third-order valence-electron chi connectivity index (χ3n) is 26.9. The molecular formula is C107H108N20O8S. The summed E-state index contributed by atoms with van der Waals surface area (Å²) in [5, 5.41) is 21.7. The molecule has 15 aromatic heterocycles. The van der Waals surface area contributed by atoms with Crippen LogP contribution in [-0.4, -0.2) is 114 Å². The standard InChI is InChI=1S/C23H24N4O2.C22H22N4O2.C21H20N4O2.C21H22N4O.C20H20N4OS/c1-5-28-23-19(12(2)8-9-24-23)17-10-16(20-13(3)27-29-14(20)4)11-18-21(17)26-22(25-18)15-6-7-15;1-11-7-8-23-22(27-4)18(11)16-9-15(19-12(2)26-28-13(19)3)10-17-20(16)25-21(24-17)14-5-6-14;1-10-6-7-22-21(26)17(10)15-8-14(18-11(2)25-27-12(18)3)9-16-19(15)24-20(23-16)13-4-5-13;1-11-7-8-25(13(11)3)18-10-16(19-12(2)24-26-14(19)4)9-17-20(18)23-21(22-17)15-5-6-15;1-9-17(11(3)25-24-9)14-7-15(19-10(2)21-12(4)26-19)18-16(8-14)22-20(23-18)13-5-6-13/h8-11,15H,5-7H2,1-4H3,(H,25,26);7-10,14H,5-6H2,1-4H3,(H,24,25);6-9,13H,4-5H2,1-3H3,(H,22,26)(H,23,24);7-10,15H,5-6H2,1-4H3,(H,22,23);7-8,13H,5-6H2,1-4H3,(H,22,23). The number of ether oxygens (including phenoxy) is 2. The minimum absolute atomic E-state index is 0.108. The maximum Gasteiger partial charge on any atom is 0.256 e. The van der Waals surface area contributed by atoms with Gasteiger partial charge < -0.3 is 66.6 Å². The zero-order valence-electron chi connectivity index (χ0n) is 80.0. The number of methoxy groups -OCH3 is 1. The number of hydrogen-bond acceptors (Lipinski definition) is 22. The topological polar surface area (TPSA) is 368 Å². The first-order valence-corrected chi connectivity index (χ1v) is 47.7. The number of benzene rings is 5. The Bertz CT molecular complexity index is 7900. The molecule has 136 heavy (non-hydrogen) atoms. The number of imidazole rings is 5. The van der Waals surface area contributed by atoms with Gasteiger partial charge in [0, 0.05) is 121 Å². The summed E-state index contributed by atoms with van der Waals surface area (Å²) >= 11 is 1.73. The van der Waals surface area contributed by atoms with Gasteiger partial charge in [-0.25, -0.2) is 39.9 Å². The fourth-order valence-electron chi connectivity index (χ4n) is 19.2. The first-order chi connectivity index (χ1) is 65.7. The number of hydrogen-bond donors (Lipinski definition) is 6. The largest absolute Gasteiger partial charge is 0.481 e. The second kappa shape index (κ2) is 34.9. The Labute approximate surface area is 788 Å². The molecule has 0 bridgehead atoms. The number of aryl methyl sites for hydroxylation is 16. The van der Waals surface area contributed by atoms with E-state index in [1.807, 2.05) is 107 Å². The number of fused-ring (bicyclic) bond motifs is 5. The molecule has 28 nitrogen and oxygen atoms in total.